The van der Waals surface area contributed by atoms with Gasteiger partial charge in [0.1, 0.15) is 11.4 Å². The van der Waals surface area contributed by atoms with Crippen molar-refractivity contribution in [3.63, 3.8) is 0 Å². The highest BCUT2D eigenvalue weighted by atomic mass is 32.2. The number of aliphatic hydroxyl groups is 1. The minimum absolute atomic E-state index is 0.130. The molecule has 1 spiro atoms. The van der Waals surface area contributed by atoms with Gasteiger partial charge in [0.25, 0.3) is 0 Å². The van der Waals surface area contributed by atoms with Crippen LogP contribution in [0.3, 0.4) is 0 Å². The normalized spacial score (nSPS) is 22.4. The molecule has 2 aliphatic heterocycles. The van der Waals surface area contributed by atoms with E-state index in [1.165, 1.54) is 30.6 Å². The average molecular weight is 536 g/mol. The molecule has 2 aromatic rings. The Kier molecular flexibility index (Phi) is 7.13. The van der Waals surface area contributed by atoms with Crippen molar-refractivity contribution in [2.24, 2.45) is 11.3 Å². The highest BCUT2D eigenvalue weighted by Gasteiger charge is 2.45. The first-order valence-corrected chi connectivity index (χ1v) is 14.0. The monoisotopic (exact) mass is 535 g/mol. The number of nitrogens with zero attached hydrogens (tertiary/aromatic N) is 3. The lowest BCUT2D eigenvalue weighted by molar-refractivity contribution is -0.137. The Labute approximate surface area is 220 Å². The zero-order valence-electron chi connectivity index (χ0n) is 21.7. The number of alkyl halides is 3. The summed E-state index contributed by atoms with van der Waals surface area (Å²) in [5.74, 6) is -0.143. The van der Waals surface area contributed by atoms with Crippen molar-refractivity contribution in [1.82, 2.24) is 15.3 Å². The van der Waals surface area contributed by atoms with Gasteiger partial charge < -0.3 is 20.6 Å². The summed E-state index contributed by atoms with van der Waals surface area (Å²) in [5.41, 5.74) is 0.485. The van der Waals surface area contributed by atoms with E-state index in [4.69, 9.17) is 0 Å². The molecule has 202 valence electrons. The maximum absolute atomic E-state index is 13.8. The lowest BCUT2D eigenvalue weighted by atomic mass is 9.63. The molecule has 3 aliphatic rings. The Morgan fingerprint density at radius 2 is 1.92 bits per heavy atom. The summed E-state index contributed by atoms with van der Waals surface area (Å²) >= 11 is 1.92. The van der Waals surface area contributed by atoms with Gasteiger partial charge in [-0.05, 0) is 95.1 Å². The van der Waals surface area contributed by atoms with Crippen LogP contribution in [0.5, 0.6) is 0 Å². The molecule has 1 aromatic carbocycles. The van der Waals surface area contributed by atoms with Gasteiger partial charge in [0.05, 0.1) is 5.60 Å². The topological polar surface area (TPSA) is 73.3 Å². The fraction of sp³-hybridized carbons (Fsp3) is 0.630. The van der Waals surface area contributed by atoms with E-state index in [2.05, 4.69) is 32.7 Å². The van der Waals surface area contributed by atoms with Gasteiger partial charge >= 0.3 is 6.18 Å². The third-order valence-electron chi connectivity index (χ3n) is 8.29. The second-order valence-electron chi connectivity index (χ2n) is 11.5. The van der Waals surface area contributed by atoms with Crippen LogP contribution in [0, 0.1) is 18.3 Å². The van der Waals surface area contributed by atoms with Crippen molar-refractivity contribution in [1.29, 1.82) is 0 Å². The summed E-state index contributed by atoms with van der Waals surface area (Å²) in [6.45, 7) is 8.34. The van der Waals surface area contributed by atoms with Crippen molar-refractivity contribution in [2.45, 2.75) is 74.8 Å². The van der Waals surface area contributed by atoms with Crippen molar-refractivity contribution in [3.8, 4) is 0 Å². The van der Waals surface area contributed by atoms with Crippen LogP contribution in [0.1, 0.15) is 57.1 Å². The van der Waals surface area contributed by atoms with Crippen molar-refractivity contribution in [3.05, 3.63) is 35.5 Å². The highest BCUT2D eigenvalue weighted by Crippen LogP contribution is 2.54. The number of rotatable bonds is 6. The maximum Gasteiger partial charge on any atom is 0.421 e. The quantitative estimate of drug-likeness (QED) is 0.434. The van der Waals surface area contributed by atoms with Gasteiger partial charge in [-0.15, -0.1) is 11.8 Å². The van der Waals surface area contributed by atoms with Crippen molar-refractivity contribution in [2.75, 3.05) is 36.4 Å². The number of halogens is 3. The summed E-state index contributed by atoms with van der Waals surface area (Å²) in [5, 5.41) is 17.6. The molecule has 1 aromatic heterocycles. The molecule has 0 bridgehead atoms. The number of piperidine rings is 1. The van der Waals surface area contributed by atoms with Gasteiger partial charge in [-0.25, -0.2) is 4.98 Å². The van der Waals surface area contributed by atoms with E-state index in [1.807, 2.05) is 24.8 Å². The Morgan fingerprint density at radius 3 is 2.54 bits per heavy atom. The largest absolute Gasteiger partial charge is 0.421 e. The van der Waals surface area contributed by atoms with Crippen LogP contribution in [0.15, 0.2) is 29.3 Å². The molecule has 1 saturated carbocycles. The smallest absolute Gasteiger partial charge is 0.390 e. The number of benzene rings is 1. The fourth-order valence-electron chi connectivity index (χ4n) is 5.92. The summed E-state index contributed by atoms with van der Waals surface area (Å²) in [6, 6.07) is 6.14. The summed E-state index contributed by atoms with van der Waals surface area (Å²) < 4.78 is 41.3. The Hall–Kier alpha value is -2.04. The first-order chi connectivity index (χ1) is 17.4. The van der Waals surface area contributed by atoms with Crippen molar-refractivity contribution >= 4 is 29.2 Å². The van der Waals surface area contributed by atoms with Gasteiger partial charge in [-0.1, -0.05) is 0 Å². The third kappa shape index (κ3) is 5.86. The molecular formula is C27H36F3N5OS. The molecule has 5 rings (SSSR count). The lowest BCUT2D eigenvalue weighted by Crippen LogP contribution is -2.46. The average Bonchev–Trinajstić information content (AvgIpc) is 3.31. The molecule has 37 heavy (non-hydrogen) atoms. The maximum atomic E-state index is 13.8. The molecular weight excluding hydrogens is 499 g/mol. The van der Waals surface area contributed by atoms with E-state index in [-0.39, 0.29) is 17.7 Å². The van der Waals surface area contributed by atoms with Gasteiger partial charge in [0, 0.05) is 41.0 Å². The van der Waals surface area contributed by atoms with E-state index >= 15 is 0 Å². The van der Waals surface area contributed by atoms with Crippen LogP contribution in [0.2, 0.25) is 0 Å². The van der Waals surface area contributed by atoms with Crippen LogP contribution < -0.4 is 15.5 Å². The second-order valence-corrected chi connectivity index (χ2v) is 12.9. The zero-order valence-corrected chi connectivity index (χ0v) is 22.5. The predicted octanol–water partition coefficient (Wildman–Crippen LogP) is 5.77. The highest BCUT2D eigenvalue weighted by molar-refractivity contribution is 8.00. The number of thioether (sulfide) groups is 1. The molecule has 3 N–H and O–H groups in total. The van der Waals surface area contributed by atoms with Gasteiger partial charge in [0.15, 0.2) is 0 Å². The zero-order chi connectivity index (χ0) is 26.4. The minimum Gasteiger partial charge on any atom is -0.390 e. The fourth-order valence-corrected chi connectivity index (χ4v) is 7.57. The molecule has 1 unspecified atom stereocenters. The van der Waals surface area contributed by atoms with E-state index in [0.717, 1.165) is 30.5 Å². The molecule has 2 saturated heterocycles. The molecule has 6 nitrogen and oxygen atoms in total. The molecule has 1 aliphatic carbocycles. The van der Waals surface area contributed by atoms with Crippen molar-refractivity contribution < 1.29 is 18.3 Å². The first kappa shape index (κ1) is 26.6. The lowest BCUT2D eigenvalue weighted by Gasteiger charge is -2.50. The van der Waals surface area contributed by atoms with E-state index in [1.54, 1.807) is 18.7 Å². The standard InChI is InChI=1S/C27H36F3N5OS/c1-17-12-19(37-20-13-26(14-20)7-9-31-10-8-26)4-5-22(17)33-24-32-15-21(27(28,29)30)23(34-24)35-11-6-18(16-35)25(2,3)36/h4-5,12,15,18,20,31,36H,6-11,13-14,16H2,1-3H3,(H,32,33,34). The molecule has 0 amide bonds. The predicted molar refractivity (Wildman–Crippen MR) is 142 cm³/mol. The van der Waals surface area contributed by atoms with Crippen LogP contribution in [-0.2, 0) is 6.18 Å². The Balaban J connectivity index is 1.28. The van der Waals surface area contributed by atoms with Crippen LogP contribution >= 0.6 is 11.8 Å². The molecule has 3 fully saturated rings. The van der Waals surface area contributed by atoms with Gasteiger partial charge in [0.2, 0.25) is 5.95 Å². The molecule has 1 atom stereocenters. The van der Waals surface area contributed by atoms with E-state index in [9.17, 15) is 18.3 Å². The molecule has 0 radical (unpaired) electrons. The molecule has 3 heterocycles. The number of hydrogen-bond donors (Lipinski definition) is 3. The Bertz CT molecular complexity index is 1120. The number of nitrogens with one attached hydrogen (secondary N) is 2. The minimum atomic E-state index is -4.57. The van der Waals surface area contributed by atoms with Gasteiger partial charge in [-0.2, -0.15) is 18.2 Å². The first-order valence-electron chi connectivity index (χ1n) is 13.1. The third-order valence-corrected chi connectivity index (χ3v) is 9.49. The van der Waals surface area contributed by atoms with Crippen LogP contribution in [-0.4, -0.2) is 52.1 Å². The summed E-state index contributed by atoms with van der Waals surface area (Å²) in [7, 11) is 0. The van der Waals surface area contributed by atoms with Crippen LogP contribution in [0.4, 0.5) is 30.6 Å². The number of aromatic nitrogens is 2. The van der Waals surface area contributed by atoms with E-state index in [0.29, 0.717) is 30.2 Å². The van der Waals surface area contributed by atoms with Gasteiger partial charge in [-0.3, -0.25) is 0 Å². The molecule has 10 heteroatoms. The van der Waals surface area contributed by atoms with E-state index < -0.39 is 17.3 Å². The van der Waals surface area contributed by atoms with Crippen LogP contribution in [0.25, 0.3) is 0 Å². The summed E-state index contributed by atoms with van der Waals surface area (Å²) in [4.78, 5) is 11.1. The SMILES string of the molecule is Cc1cc(SC2CC3(CCNCC3)C2)ccc1Nc1ncc(C(F)(F)F)c(N2CCC(C(C)(C)O)C2)n1. The number of hydrogen-bond acceptors (Lipinski definition) is 7. The second kappa shape index (κ2) is 9.93. The Morgan fingerprint density at radius 1 is 1.19 bits per heavy atom. The number of anilines is 3. The summed E-state index contributed by atoms with van der Waals surface area (Å²) in [6.07, 6.45) is 1.98. The number of aryl methyl sites for hydroxylation is 1.